The monoisotopic (exact) mass is 371 g/mol. The third kappa shape index (κ3) is 3.36. The second kappa shape index (κ2) is 6.83. The number of aliphatic carboxylic acids is 1. The molecule has 3 rings (SSSR count). The molecule has 2 aliphatic rings. The average molecular weight is 371 g/mol. The Bertz CT molecular complexity index is 865. The number of ketones is 1. The van der Waals surface area contributed by atoms with Crippen LogP contribution in [0.25, 0.3) is 0 Å². The third-order valence-corrected chi connectivity index (χ3v) is 5.37. The van der Waals surface area contributed by atoms with Gasteiger partial charge in [0.05, 0.1) is 25.7 Å². The summed E-state index contributed by atoms with van der Waals surface area (Å²) in [6, 6.07) is 5.26. The fourth-order valence-electron chi connectivity index (χ4n) is 4.28. The Balaban J connectivity index is 2.22. The lowest BCUT2D eigenvalue weighted by molar-refractivity contribution is -0.133. The van der Waals surface area contributed by atoms with Crippen molar-refractivity contribution in [2.24, 2.45) is 16.3 Å². The van der Waals surface area contributed by atoms with Gasteiger partial charge in [0.25, 0.3) is 0 Å². The van der Waals surface area contributed by atoms with Crippen molar-refractivity contribution in [2.75, 3.05) is 14.2 Å². The molecule has 0 radical (unpaired) electrons. The minimum Gasteiger partial charge on any atom is -0.497 e. The summed E-state index contributed by atoms with van der Waals surface area (Å²) in [6.45, 7) is 5.78. The number of carboxylic acids is 1. The van der Waals surface area contributed by atoms with Gasteiger partial charge in [0.15, 0.2) is 0 Å². The number of fused-ring (bicyclic) bond motifs is 1. The number of hydrogen-bond acceptors (Lipinski definition) is 5. The first-order valence-electron chi connectivity index (χ1n) is 8.94. The standard InChI is InChI=1S/C21H25NO5/c1-11-17(20(24)25)18(13-7-6-12(26-4)8-16(13)27-5)19-14(22-11)9-21(2,3)10-15(19)23/h6-8,18-19H,9-10H2,1-5H3,(H,24,25). The Morgan fingerprint density at radius 1 is 1.19 bits per heavy atom. The highest BCUT2D eigenvalue weighted by atomic mass is 16.5. The lowest BCUT2D eigenvalue weighted by atomic mass is 9.63. The molecule has 0 spiro atoms. The molecule has 6 nitrogen and oxygen atoms in total. The molecule has 1 aliphatic carbocycles. The zero-order valence-corrected chi connectivity index (χ0v) is 16.3. The van der Waals surface area contributed by atoms with Crippen LogP contribution in [0.5, 0.6) is 11.5 Å². The van der Waals surface area contributed by atoms with Crippen molar-refractivity contribution in [3.8, 4) is 11.5 Å². The molecule has 27 heavy (non-hydrogen) atoms. The highest BCUT2D eigenvalue weighted by Crippen LogP contribution is 2.49. The van der Waals surface area contributed by atoms with Crippen LogP contribution in [0, 0.1) is 11.3 Å². The van der Waals surface area contributed by atoms with Crippen LogP contribution in [0.1, 0.15) is 45.1 Å². The highest BCUT2D eigenvalue weighted by Gasteiger charge is 2.48. The van der Waals surface area contributed by atoms with Crippen LogP contribution in [-0.2, 0) is 9.59 Å². The van der Waals surface area contributed by atoms with Gasteiger partial charge in [-0.3, -0.25) is 9.79 Å². The Kier molecular flexibility index (Phi) is 4.84. The number of hydrogen-bond donors (Lipinski definition) is 1. The first-order chi connectivity index (χ1) is 12.7. The Hall–Kier alpha value is -2.63. The van der Waals surface area contributed by atoms with Crippen LogP contribution in [-0.4, -0.2) is 36.8 Å². The van der Waals surface area contributed by atoms with Gasteiger partial charge in [-0.25, -0.2) is 4.79 Å². The van der Waals surface area contributed by atoms with Crippen molar-refractivity contribution in [3.63, 3.8) is 0 Å². The number of carboxylic acid groups (broad SMARTS) is 1. The van der Waals surface area contributed by atoms with E-state index in [1.165, 1.54) is 7.11 Å². The van der Waals surface area contributed by atoms with Gasteiger partial charge in [-0.15, -0.1) is 0 Å². The molecule has 0 saturated heterocycles. The molecule has 0 amide bonds. The first-order valence-corrected chi connectivity index (χ1v) is 8.94. The van der Waals surface area contributed by atoms with Crippen LogP contribution < -0.4 is 9.47 Å². The molecule has 0 bridgehead atoms. The fourth-order valence-corrected chi connectivity index (χ4v) is 4.28. The second-order valence-corrected chi connectivity index (χ2v) is 7.95. The van der Waals surface area contributed by atoms with E-state index in [2.05, 4.69) is 4.99 Å². The van der Waals surface area contributed by atoms with Crippen molar-refractivity contribution in [3.05, 3.63) is 35.0 Å². The lowest BCUT2D eigenvalue weighted by Crippen LogP contribution is -2.44. The topological polar surface area (TPSA) is 85.2 Å². The molecule has 0 aromatic heterocycles. The number of Topliss-reactive ketones (excluding diaryl/α,β-unsaturated/α-hetero) is 1. The van der Waals surface area contributed by atoms with Crippen LogP contribution >= 0.6 is 0 Å². The van der Waals surface area contributed by atoms with Crippen LogP contribution in [0.3, 0.4) is 0 Å². The normalized spacial score (nSPS) is 24.2. The molecule has 1 saturated carbocycles. The van der Waals surface area contributed by atoms with E-state index in [-0.39, 0.29) is 16.8 Å². The van der Waals surface area contributed by atoms with Crippen LogP contribution in [0.2, 0.25) is 0 Å². The summed E-state index contributed by atoms with van der Waals surface area (Å²) in [7, 11) is 3.08. The minimum absolute atomic E-state index is 0.0270. The number of benzene rings is 1. The summed E-state index contributed by atoms with van der Waals surface area (Å²) in [5, 5.41) is 9.88. The maximum atomic E-state index is 13.1. The average Bonchev–Trinajstić information content (AvgIpc) is 2.58. The first kappa shape index (κ1) is 19.1. The van der Waals surface area contributed by atoms with Crippen molar-refractivity contribution < 1.29 is 24.2 Å². The summed E-state index contributed by atoms with van der Waals surface area (Å²) < 4.78 is 10.8. The van der Waals surface area contributed by atoms with Gasteiger partial charge in [0.2, 0.25) is 0 Å². The minimum atomic E-state index is -1.06. The maximum Gasteiger partial charge on any atom is 0.334 e. The Labute approximate surface area is 158 Å². The summed E-state index contributed by atoms with van der Waals surface area (Å²) in [6.07, 6.45) is 1.07. The SMILES string of the molecule is COc1ccc(C2C(C(=O)O)=C(C)N=C3CC(C)(C)CC(=O)C32)c(OC)c1. The van der Waals surface area contributed by atoms with Crippen molar-refractivity contribution >= 4 is 17.5 Å². The van der Waals surface area contributed by atoms with Crippen molar-refractivity contribution in [2.45, 2.75) is 39.5 Å². The van der Waals surface area contributed by atoms with E-state index in [0.29, 0.717) is 35.6 Å². The molecule has 1 heterocycles. The van der Waals surface area contributed by atoms with Gasteiger partial charge in [0, 0.05) is 35.4 Å². The summed E-state index contributed by atoms with van der Waals surface area (Å²) in [4.78, 5) is 29.7. The van der Waals surface area contributed by atoms with E-state index >= 15 is 0 Å². The Morgan fingerprint density at radius 3 is 2.48 bits per heavy atom. The van der Waals surface area contributed by atoms with Crippen LogP contribution in [0.4, 0.5) is 0 Å². The van der Waals surface area contributed by atoms with E-state index in [0.717, 1.165) is 5.71 Å². The van der Waals surface area contributed by atoms with E-state index < -0.39 is 17.8 Å². The van der Waals surface area contributed by atoms with Gasteiger partial charge in [-0.2, -0.15) is 0 Å². The van der Waals surface area contributed by atoms with Gasteiger partial charge in [-0.1, -0.05) is 19.9 Å². The molecule has 1 aromatic carbocycles. The smallest absolute Gasteiger partial charge is 0.334 e. The Morgan fingerprint density at radius 2 is 1.89 bits per heavy atom. The zero-order chi connectivity index (χ0) is 19.9. The number of allylic oxidation sites excluding steroid dienone is 1. The lowest BCUT2D eigenvalue weighted by Gasteiger charge is -2.41. The third-order valence-electron chi connectivity index (χ3n) is 5.37. The van der Waals surface area contributed by atoms with Gasteiger partial charge >= 0.3 is 5.97 Å². The highest BCUT2D eigenvalue weighted by molar-refractivity contribution is 6.12. The number of ether oxygens (including phenoxy) is 2. The summed E-state index contributed by atoms with van der Waals surface area (Å²) in [5.74, 6) is -1.12. The van der Waals surface area contributed by atoms with Crippen molar-refractivity contribution in [1.29, 1.82) is 0 Å². The number of carbonyl (C=O) groups excluding carboxylic acids is 1. The molecule has 1 fully saturated rings. The molecular formula is C21H25NO5. The molecule has 1 aromatic rings. The van der Waals surface area contributed by atoms with E-state index in [4.69, 9.17) is 9.47 Å². The van der Waals surface area contributed by atoms with Crippen molar-refractivity contribution in [1.82, 2.24) is 0 Å². The maximum absolute atomic E-state index is 13.1. The van der Waals surface area contributed by atoms with E-state index in [1.54, 1.807) is 32.2 Å². The molecule has 6 heteroatoms. The van der Waals surface area contributed by atoms with Gasteiger partial charge in [-0.05, 0) is 24.8 Å². The zero-order valence-electron chi connectivity index (χ0n) is 16.3. The second-order valence-electron chi connectivity index (χ2n) is 7.95. The predicted octanol–water partition coefficient (Wildman–Crippen LogP) is 3.61. The molecule has 1 N–H and O–H groups in total. The van der Waals surface area contributed by atoms with Gasteiger partial charge in [0.1, 0.15) is 17.3 Å². The van der Waals surface area contributed by atoms with Crippen LogP contribution in [0.15, 0.2) is 34.5 Å². The van der Waals surface area contributed by atoms with E-state index in [1.807, 2.05) is 13.8 Å². The molecular weight excluding hydrogens is 346 g/mol. The van der Waals surface area contributed by atoms with Gasteiger partial charge < -0.3 is 14.6 Å². The number of rotatable bonds is 4. The van der Waals surface area contributed by atoms with E-state index in [9.17, 15) is 14.7 Å². The number of aliphatic imine (C=N–C) groups is 1. The number of carbonyl (C=O) groups is 2. The fraction of sp³-hybridized carbons (Fsp3) is 0.476. The largest absolute Gasteiger partial charge is 0.497 e. The molecule has 1 aliphatic heterocycles. The number of nitrogens with zero attached hydrogens (tertiary/aromatic N) is 1. The predicted molar refractivity (Wildman–Crippen MR) is 102 cm³/mol. The quantitative estimate of drug-likeness (QED) is 0.874. The summed E-state index contributed by atoms with van der Waals surface area (Å²) >= 11 is 0. The number of methoxy groups -OCH3 is 2. The molecule has 144 valence electrons. The molecule has 2 atom stereocenters. The molecule has 2 unspecified atom stereocenters. The summed E-state index contributed by atoms with van der Waals surface area (Å²) in [5.41, 5.74) is 1.85.